The average molecular weight is 251 g/mol. The summed E-state index contributed by atoms with van der Waals surface area (Å²) >= 11 is 3.64. The lowest BCUT2D eigenvalue weighted by atomic mass is 9.98. The van der Waals surface area contributed by atoms with E-state index in [0.29, 0.717) is 12.2 Å². The topological polar surface area (TPSA) is 38.7 Å². The van der Waals surface area contributed by atoms with Crippen molar-refractivity contribution in [2.75, 3.05) is 0 Å². The summed E-state index contributed by atoms with van der Waals surface area (Å²) in [7, 11) is 0. The third-order valence-corrected chi connectivity index (χ3v) is 3.43. The maximum atomic E-state index is 6.47. The van der Waals surface area contributed by atoms with Gasteiger partial charge in [0.15, 0.2) is 0 Å². The predicted octanol–water partition coefficient (Wildman–Crippen LogP) is 3.73. The highest BCUT2D eigenvalue weighted by Gasteiger charge is 2.19. The van der Waals surface area contributed by atoms with Crippen molar-refractivity contribution >= 4 is 11.9 Å². The lowest BCUT2D eigenvalue weighted by Gasteiger charge is -2.25. The molecule has 0 atom stereocenters. The van der Waals surface area contributed by atoms with Crippen molar-refractivity contribution in [3.05, 3.63) is 0 Å². The average Bonchev–Trinajstić information content (AvgIpc) is 2.41. The summed E-state index contributed by atoms with van der Waals surface area (Å²) < 4.78 is 6.47. The molecular formula is C12H23ClO3. The Kier molecular flexibility index (Phi) is 8.21. The molecule has 0 radical (unpaired) electrons. The molecule has 0 aliphatic heterocycles. The molecule has 96 valence electrons. The number of halogens is 1. The van der Waals surface area contributed by atoms with E-state index in [1.165, 1.54) is 64.2 Å². The van der Waals surface area contributed by atoms with E-state index in [4.69, 9.17) is 14.4 Å². The van der Waals surface area contributed by atoms with Crippen LogP contribution in [0.3, 0.4) is 0 Å². The Hall–Kier alpha value is 0.170. The van der Waals surface area contributed by atoms with Crippen LogP contribution in [-0.2, 0) is 9.78 Å². The quantitative estimate of drug-likeness (QED) is 0.613. The molecule has 2 fully saturated rings. The molecular weight excluding hydrogens is 228 g/mol. The molecule has 2 rings (SSSR count). The summed E-state index contributed by atoms with van der Waals surface area (Å²) in [5.41, 5.74) is 0. The standard InChI is InChI=1S/C12H22O2.ClHO/c1-3-7-11(8-4-1)13-14-12-9-5-2-6-10-12;1-2/h11-12H,1-10H2;2H. The van der Waals surface area contributed by atoms with E-state index in [-0.39, 0.29) is 0 Å². The number of hydrogen-bond donors (Lipinski definition) is 1. The van der Waals surface area contributed by atoms with Gasteiger partial charge in [0, 0.05) is 0 Å². The molecule has 0 heterocycles. The molecule has 16 heavy (non-hydrogen) atoms. The predicted molar refractivity (Wildman–Crippen MR) is 64.0 cm³/mol. The second-order valence-corrected chi connectivity index (χ2v) is 4.71. The summed E-state index contributed by atoms with van der Waals surface area (Å²) in [6.45, 7) is 0. The molecule has 0 aromatic carbocycles. The van der Waals surface area contributed by atoms with Crippen LogP contribution in [0.5, 0.6) is 0 Å². The Labute approximate surface area is 103 Å². The van der Waals surface area contributed by atoms with Crippen LogP contribution in [0.4, 0.5) is 0 Å². The Bertz CT molecular complexity index is 136. The van der Waals surface area contributed by atoms with Gasteiger partial charge in [-0.25, -0.2) is 9.78 Å². The minimum absolute atomic E-state index is 0.394. The summed E-state index contributed by atoms with van der Waals surface area (Å²) in [6, 6.07) is 0. The Morgan fingerprint density at radius 2 is 0.938 bits per heavy atom. The lowest BCUT2D eigenvalue weighted by molar-refractivity contribution is -0.358. The highest BCUT2D eigenvalue weighted by molar-refractivity contribution is 6.04. The smallest absolute Gasteiger partial charge is 0.0930 e. The van der Waals surface area contributed by atoms with Gasteiger partial charge in [-0.3, -0.25) is 4.66 Å². The first kappa shape index (κ1) is 14.2. The molecule has 2 aliphatic carbocycles. The van der Waals surface area contributed by atoms with Crippen molar-refractivity contribution in [1.82, 2.24) is 0 Å². The van der Waals surface area contributed by atoms with Gasteiger partial charge in [-0.2, -0.15) is 0 Å². The highest BCUT2D eigenvalue weighted by Crippen LogP contribution is 2.24. The molecule has 0 amide bonds. The Morgan fingerprint density at radius 1 is 0.625 bits per heavy atom. The minimum atomic E-state index is 0.394. The van der Waals surface area contributed by atoms with E-state index in [0.717, 1.165) is 0 Å². The summed E-state index contributed by atoms with van der Waals surface area (Å²) in [4.78, 5) is 11.0. The second kappa shape index (κ2) is 9.23. The molecule has 4 heteroatoms. The maximum absolute atomic E-state index is 6.47. The van der Waals surface area contributed by atoms with Crippen molar-refractivity contribution in [3.8, 4) is 0 Å². The monoisotopic (exact) mass is 250 g/mol. The van der Waals surface area contributed by atoms with Crippen LogP contribution >= 0.6 is 11.9 Å². The first-order valence-corrected chi connectivity index (χ1v) is 6.78. The second-order valence-electron chi connectivity index (χ2n) is 4.71. The normalized spacial score (nSPS) is 23.6. The van der Waals surface area contributed by atoms with E-state index in [2.05, 4.69) is 11.9 Å². The van der Waals surface area contributed by atoms with Gasteiger partial charge >= 0.3 is 0 Å². The van der Waals surface area contributed by atoms with Gasteiger partial charge < -0.3 is 0 Å². The van der Waals surface area contributed by atoms with E-state index in [1.54, 1.807) is 0 Å². The Morgan fingerprint density at radius 3 is 1.25 bits per heavy atom. The van der Waals surface area contributed by atoms with Gasteiger partial charge in [0.1, 0.15) is 0 Å². The maximum Gasteiger partial charge on any atom is 0.0930 e. The minimum Gasteiger partial charge on any atom is -0.295 e. The first-order chi connectivity index (χ1) is 7.95. The van der Waals surface area contributed by atoms with Gasteiger partial charge in [-0.05, 0) is 25.7 Å². The van der Waals surface area contributed by atoms with Crippen LogP contribution in [0.25, 0.3) is 0 Å². The van der Waals surface area contributed by atoms with Crippen molar-refractivity contribution in [1.29, 1.82) is 0 Å². The molecule has 0 aromatic rings. The molecule has 0 unspecified atom stereocenters. The lowest BCUT2D eigenvalue weighted by Crippen LogP contribution is -2.23. The van der Waals surface area contributed by atoms with E-state index in [1.807, 2.05) is 0 Å². The van der Waals surface area contributed by atoms with Crippen LogP contribution in [0.2, 0.25) is 0 Å². The van der Waals surface area contributed by atoms with Crippen LogP contribution in [0.1, 0.15) is 64.2 Å². The molecule has 2 saturated carbocycles. The van der Waals surface area contributed by atoms with Crippen molar-refractivity contribution < 1.29 is 14.4 Å². The fraction of sp³-hybridized carbons (Fsp3) is 1.00. The third-order valence-electron chi connectivity index (χ3n) is 3.43. The highest BCUT2D eigenvalue weighted by atomic mass is 35.5. The first-order valence-electron chi connectivity index (χ1n) is 6.44. The molecule has 1 N–H and O–H groups in total. The number of rotatable bonds is 3. The zero-order chi connectivity index (χ0) is 11.6. The molecule has 2 aliphatic rings. The zero-order valence-electron chi connectivity index (χ0n) is 9.87. The van der Waals surface area contributed by atoms with Crippen LogP contribution in [0.15, 0.2) is 0 Å². The SMILES string of the molecule is C1CCC(OOC2CCCCC2)CC1.OCl. The van der Waals surface area contributed by atoms with Gasteiger partial charge in [-0.15, -0.1) is 0 Å². The largest absolute Gasteiger partial charge is 0.295 e. The zero-order valence-corrected chi connectivity index (χ0v) is 10.6. The van der Waals surface area contributed by atoms with Crippen LogP contribution < -0.4 is 0 Å². The van der Waals surface area contributed by atoms with Crippen molar-refractivity contribution in [2.45, 2.75) is 76.4 Å². The van der Waals surface area contributed by atoms with Crippen LogP contribution in [0, 0.1) is 0 Å². The molecule has 0 spiro atoms. The van der Waals surface area contributed by atoms with Gasteiger partial charge in [-0.1, -0.05) is 38.5 Å². The van der Waals surface area contributed by atoms with Crippen molar-refractivity contribution in [2.24, 2.45) is 0 Å². The van der Waals surface area contributed by atoms with Gasteiger partial charge in [0.25, 0.3) is 0 Å². The van der Waals surface area contributed by atoms with Gasteiger partial charge in [0.05, 0.1) is 24.1 Å². The summed E-state index contributed by atoms with van der Waals surface area (Å²) in [5, 5.41) is 0. The fourth-order valence-electron chi connectivity index (χ4n) is 2.48. The molecule has 0 aromatic heterocycles. The van der Waals surface area contributed by atoms with Gasteiger partial charge in [0.2, 0.25) is 0 Å². The summed E-state index contributed by atoms with van der Waals surface area (Å²) in [6.07, 6.45) is 13.6. The van der Waals surface area contributed by atoms with Crippen LogP contribution in [-0.4, -0.2) is 16.9 Å². The molecule has 3 nitrogen and oxygen atoms in total. The molecule has 0 saturated heterocycles. The van der Waals surface area contributed by atoms with E-state index in [9.17, 15) is 0 Å². The fourth-order valence-corrected chi connectivity index (χ4v) is 2.48. The Balaban J connectivity index is 0.000000606. The van der Waals surface area contributed by atoms with E-state index >= 15 is 0 Å². The third kappa shape index (κ3) is 5.48. The van der Waals surface area contributed by atoms with E-state index < -0.39 is 0 Å². The van der Waals surface area contributed by atoms with Crippen molar-refractivity contribution in [3.63, 3.8) is 0 Å². The number of hydrogen-bond acceptors (Lipinski definition) is 3. The molecule has 0 bridgehead atoms. The summed E-state index contributed by atoms with van der Waals surface area (Å²) in [5.74, 6) is 0.